The molecular weight excluding hydrogens is 425 g/mol. The zero-order chi connectivity index (χ0) is 22.9. The fourth-order valence-corrected chi connectivity index (χ4v) is 3.29. The fraction of sp³-hybridized carbons (Fsp3) is 0.438. The lowest BCUT2D eigenvalue weighted by Gasteiger charge is -2.22. The number of carbonyl (C=O) groups is 3. The maximum atomic E-state index is 12.0. The van der Waals surface area contributed by atoms with E-state index in [-0.39, 0.29) is 6.54 Å². The predicted octanol–water partition coefficient (Wildman–Crippen LogP) is -0.796. The zero-order valence-electron chi connectivity index (χ0n) is 15.7. The number of nitrogens with one attached hydrogen (secondary N) is 2. The van der Waals surface area contributed by atoms with Gasteiger partial charge in [-0.15, -0.1) is 0 Å². The van der Waals surface area contributed by atoms with Crippen LogP contribution in [0.2, 0.25) is 0 Å². The molecular formula is C16H24N3O10P. The number of aliphatic carboxylic acids is 3. The van der Waals surface area contributed by atoms with Gasteiger partial charge in [-0.2, -0.15) is 0 Å². The molecule has 0 bridgehead atoms. The van der Waals surface area contributed by atoms with Gasteiger partial charge >= 0.3 is 25.7 Å². The van der Waals surface area contributed by atoms with Crippen molar-refractivity contribution in [2.24, 2.45) is 5.73 Å². The van der Waals surface area contributed by atoms with Gasteiger partial charge in [0.1, 0.15) is 18.3 Å². The first-order valence-electron chi connectivity index (χ1n) is 8.60. The molecule has 0 aliphatic rings. The van der Waals surface area contributed by atoms with Gasteiger partial charge in [-0.3, -0.25) is 24.2 Å². The van der Waals surface area contributed by atoms with E-state index in [0.29, 0.717) is 5.56 Å². The Morgan fingerprint density at radius 2 is 1.63 bits per heavy atom. The van der Waals surface area contributed by atoms with Crippen LogP contribution in [-0.4, -0.2) is 61.9 Å². The molecule has 30 heavy (non-hydrogen) atoms. The molecule has 14 heteroatoms. The van der Waals surface area contributed by atoms with Crippen LogP contribution in [-0.2, 0) is 30.0 Å². The molecule has 3 unspecified atom stereocenters. The highest BCUT2D eigenvalue weighted by atomic mass is 31.2. The van der Waals surface area contributed by atoms with Gasteiger partial charge in [0.05, 0.1) is 6.61 Å². The maximum Gasteiger partial charge on any atom is 0.403 e. The summed E-state index contributed by atoms with van der Waals surface area (Å²) in [6, 6.07) is 2.94. The summed E-state index contributed by atoms with van der Waals surface area (Å²) in [5, 5.41) is 41.1. The second-order valence-corrected chi connectivity index (χ2v) is 7.73. The standard InChI is InChI=1S/C16H24N3O10P/c17-7-9-1-3-10(4-2-9)14(22)18-12(16(25)26)8-29-30(27,28)19-11(15(23)24)5-6-13(20)21/h1-4,11-12,14,18,22H,5-8,17H2,(H,20,21)(H,23,24)(H,25,26)(H2,19,27,28)/t11-,12?,14?/m0/s1. The quantitative estimate of drug-likeness (QED) is 0.129. The molecule has 4 atom stereocenters. The average Bonchev–Trinajstić information content (AvgIpc) is 2.67. The summed E-state index contributed by atoms with van der Waals surface area (Å²) in [4.78, 5) is 42.8. The largest absolute Gasteiger partial charge is 0.481 e. The second kappa shape index (κ2) is 11.7. The maximum absolute atomic E-state index is 12.0. The SMILES string of the molecule is NCc1ccc(C(O)NC(COP(=O)(O)N[C@@H](CCC(=O)O)C(=O)O)C(=O)O)cc1. The molecule has 0 heterocycles. The number of benzene rings is 1. The van der Waals surface area contributed by atoms with Gasteiger partial charge in [-0.1, -0.05) is 24.3 Å². The van der Waals surface area contributed by atoms with Crippen LogP contribution >= 0.6 is 7.75 Å². The predicted molar refractivity (Wildman–Crippen MR) is 101 cm³/mol. The van der Waals surface area contributed by atoms with E-state index in [1.165, 1.54) is 12.1 Å². The van der Waals surface area contributed by atoms with E-state index in [9.17, 15) is 34.1 Å². The Kier molecular flexibility index (Phi) is 10.0. The van der Waals surface area contributed by atoms with Crippen molar-refractivity contribution in [1.29, 1.82) is 0 Å². The molecule has 9 N–H and O–H groups in total. The summed E-state index contributed by atoms with van der Waals surface area (Å²) in [5.74, 6) is -4.40. The lowest BCUT2D eigenvalue weighted by Crippen LogP contribution is -2.43. The minimum absolute atomic E-state index is 0.276. The van der Waals surface area contributed by atoms with Crippen molar-refractivity contribution in [2.75, 3.05) is 6.61 Å². The van der Waals surface area contributed by atoms with Crippen LogP contribution in [0.4, 0.5) is 0 Å². The van der Waals surface area contributed by atoms with Gasteiger partial charge in [0.15, 0.2) is 0 Å². The van der Waals surface area contributed by atoms with Gasteiger partial charge < -0.3 is 31.1 Å². The number of hydrogen-bond acceptors (Lipinski definition) is 8. The monoisotopic (exact) mass is 449 g/mol. The van der Waals surface area contributed by atoms with Crippen molar-refractivity contribution in [3.63, 3.8) is 0 Å². The van der Waals surface area contributed by atoms with Crippen LogP contribution in [0.1, 0.15) is 30.2 Å². The Morgan fingerprint density at radius 3 is 2.10 bits per heavy atom. The number of nitrogens with two attached hydrogens (primary N) is 1. The number of hydrogen-bond donors (Lipinski definition) is 8. The highest BCUT2D eigenvalue weighted by Gasteiger charge is 2.32. The smallest absolute Gasteiger partial charge is 0.403 e. The van der Waals surface area contributed by atoms with Crippen molar-refractivity contribution in [3.8, 4) is 0 Å². The third kappa shape index (κ3) is 8.97. The molecule has 0 aliphatic carbocycles. The topological polar surface area (TPSA) is 229 Å². The molecule has 1 aromatic rings. The van der Waals surface area contributed by atoms with E-state index in [4.69, 9.17) is 15.9 Å². The lowest BCUT2D eigenvalue weighted by molar-refractivity contribution is -0.142. The molecule has 0 spiro atoms. The summed E-state index contributed by atoms with van der Waals surface area (Å²) in [5.41, 5.74) is 6.56. The summed E-state index contributed by atoms with van der Waals surface area (Å²) in [7, 11) is -4.80. The molecule has 0 saturated carbocycles. The molecule has 0 fully saturated rings. The first-order valence-corrected chi connectivity index (χ1v) is 10.2. The average molecular weight is 449 g/mol. The number of carboxylic acid groups (broad SMARTS) is 3. The van der Waals surface area contributed by atoms with Crippen molar-refractivity contribution < 1.29 is 48.8 Å². The first-order chi connectivity index (χ1) is 13.9. The summed E-state index contributed by atoms with van der Waals surface area (Å²) >= 11 is 0. The van der Waals surface area contributed by atoms with Crippen molar-refractivity contribution in [2.45, 2.75) is 37.7 Å². The van der Waals surface area contributed by atoms with Crippen molar-refractivity contribution in [1.82, 2.24) is 10.4 Å². The number of rotatable bonds is 14. The summed E-state index contributed by atoms with van der Waals surface area (Å²) in [6.45, 7) is -0.628. The van der Waals surface area contributed by atoms with E-state index in [1.807, 2.05) is 0 Å². The first kappa shape index (κ1) is 25.7. The Bertz CT molecular complexity index is 788. The number of carboxylic acids is 3. The zero-order valence-corrected chi connectivity index (χ0v) is 16.6. The van der Waals surface area contributed by atoms with E-state index in [2.05, 4.69) is 9.84 Å². The Balaban J connectivity index is 2.72. The Morgan fingerprint density at radius 1 is 1.07 bits per heavy atom. The van der Waals surface area contributed by atoms with Crippen LogP contribution in [0.5, 0.6) is 0 Å². The normalized spacial score (nSPS) is 16.2. The third-order valence-corrected chi connectivity index (χ3v) is 5.01. The van der Waals surface area contributed by atoms with E-state index >= 15 is 0 Å². The minimum atomic E-state index is -4.80. The number of aliphatic hydroxyl groups excluding tert-OH is 1. The van der Waals surface area contributed by atoms with Crippen LogP contribution in [0.15, 0.2) is 24.3 Å². The van der Waals surface area contributed by atoms with Gasteiger partial charge in [0.25, 0.3) is 0 Å². The fourth-order valence-electron chi connectivity index (χ4n) is 2.23. The van der Waals surface area contributed by atoms with Crippen LogP contribution < -0.4 is 16.1 Å². The molecule has 13 nitrogen and oxygen atoms in total. The molecule has 0 aliphatic heterocycles. The van der Waals surface area contributed by atoms with Crippen LogP contribution in [0, 0.1) is 0 Å². The lowest BCUT2D eigenvalue weighted by atomic mass is 10.1. The molecule has 0 aromatic heterocycles. The number of aliphatic hydroxyl groups is 1. The van der Waals surface area contributed by atoms with Gasteiger partial charge in [-0.05, 0) is 17.5 Å². The molecule has 1 aromatic carbocycles. The molecule has 1 rings (SSSR count). The molecule has 0 radical (unpaired) electrons. The summed E-state index contributed by atoms with van der Waals surface area (Å²) in [6.07, 6.45) is -2.54. The van der Waals surface area contributed by atoms with E-state index in [1.54, 1.807) is 17.2 Å². The Hall–Kier alpha value is -2.38. The second-order valence-electron chi connectivity index (χ2n) is 6.17. The van der Waals surface area contributed by atoms with Gasteiger partial charge in [0.2, 0.25) is 0 Å². The van der Waals surface area contributed by atoms with Crippen LogP contribution in [0.25, 0.3) is 0 Å². The molecule has 0 saturated heterocycles. The van der Waals surface area contributed by atoms with Crippen molar-refractivity contribution in [3.05, 3.63) is 35.4 Å². The van der Waals surface area contributed by atoms with Crippen LogP contribution in [0.3, 0.4) is 0 Å². The van der Waals surface area contributed by atoms with Crippen molar-refractivity contribution >= 4 is 25.7 Å². The third-order valence-electron chi connectivity index (χ3n) is 3.87. The summed E-state index contributed by atoms with van der Waals surface area (Å²) < 4.78 is 16.7. The van der Waals surface area contributed by atoms with Gasteiger partial charge in [-0.25, -0.2) is 9.65 Å². The van der Waals surface area contributed by atoms with E-state index in [0.717, 1.165) is 5.56 Å². The highest BCUT2D eigenvalue weighted by Crippen LogP contribution is 2.38. The molecule has 0 amide bonds. The molecule has 168 valence electrons. The van der Waals surface area contributed by atoms with E-state index < -0.39 is 63.4 Å². The van der Waals surface area contributed by atoms with Gasteiger partial charge in [0, 0.05) is 13.0 Å². The minimum Gasteiger partial charge on any atom is -0.481 e. The Labute approximate surface area is 171 Å². The highest BCUT2D eigenvalue weighted by molar-refractivity contribution is 7.50.